The van der Waals surface area contributed by atoms with Gasteiger partial charge in [-0.15, -0.1) is 0 Å². The lowest BCUT2D eigenvalue weighted by Gasteiger charge is -2.09. The molecule has 0 spiro atoms. The minimum Gasteiger partial charge on any atom is -0.368 e. The van der Waals surface area contributed by atoms with Gasteiger partial charge < -0.3 is 14.9 Å². The molecule has 0 aromatic carbocycles. The first-order valence-corrected chi connectivity index (χ1v) is 3.75. The molecule has 1 aliphatic rings. The van der Waals surface area contributed by atoms with Crippen LogP contribution in [-0.4, -0.2) is 22.8 Å². The number of aliphatic hydroxyl groups is 2. The maximum atomic E-state index is 9.11. The maximum absolute atomic E-state index is 9.11. The summed E-state index contributed by atoms with van der Waals surface area (Å²) in [5, 5.41) is 18.0. The minimum atomic E-state index is -0.744. The summed E-state index contributed by atoms with van der Waals surface area (Å²) in [6.07, 6.45) is 1.05. The second-order valence-electron chi connectivity index (χ2n) is 2.77. The molecule has 1 fully saturated rings. The lowest BCUT2D eigenvalue weighted by atomic mass is 10.0. The van der Waals surface area contributed by atoms with E-state index in [1.807, 2.05) is 0 Å². The number of aliphatic hydroxyl groups excluding tert-OH is 2. The normalized spacial score (nSPS) is 40.5. The predicted octanol–water partition coefficient (Wildman–Crippen LogP) is 0.460. The number of hydrogen-bond acceptors (Lipinski definition) is 3. The summed E-state index contributed by atoms with van der Waals surface area (Å²) in [7, 11) is 0. The lowest BCUT2D eigenvalue weighted by Crippen LogP contribution is -2.14. The van der Waals surface area contributed by atoms with Crippen LogP contribution in [0.1, 0.15) is 26.2 Å². The van der Waals surface area contributed by atoms with Gasteiger partial charge in [-0.05, 0) is 6.42 Å². The Balaban J connectivity index is 2.31. The average Bonchev–Trinajstić information content (AvgIpc) is 2.13. The van der Waals surface area contributed by atoms with E-state index in [9.17, 15) is 0 Å². The molecule has 0 radical (unpaired) electrons. The van der Waals surface area contributed by atoms with Crippen molar-refractivity contribution >= 4 is 0 Å². The van der Waals surface area contributed by atoms with Gasteiger partial charge >= 0.3 is 0 Å². The van der Waals surface area contributed by atoms with Crippen molar-refractivity contribution in [2.45, 2.75) is 38.8 Å². The molecule has 2 unspecified atom stereocenters. The predicted molar refractivity (Wildman–Crippen MR) is 36.1 cm³/mol. The maximum Gasteiger partial charge on any atom is 0.160 e. The van der Waals surface area contributed by atoms with Crippen LogP contribution in [0.4, 0.5) is 0 Å². The van der Waals surface area contributed by atoms with E-state index in [2.05, 4.69) is 6.92 Å². The van der Waals surface area contributed by atoms with E-state index in [0.29, 0.717) is 6.42 Å². The monoisotopic (exact) mass is 146 g/mol. The zero-order valence-electron chi connectivity index (χ0n) is 6.16. The molecule has 1 aliphatic heterocycles. The quantitative estimate of drug-likeness (QED) is 0.595. The molecule has 1 rings (SSSR count). The van der Waals surface area contributed by atoms with Crippen LogP contribution in [-0.2, 0) is 4.74 Å². The Morgan fingerprint density at radius 2 is 2.20 bits per heavy atom. The molecule has 10 heavy (non-hydrogen) atoms. The number of ether oxygens (including phenoxy) is 1. The van der Waals surface area contributed by atoms with Gasteiger partial charge in [-0.2, -0.15) is 0 Å². The van der Waals surface area contributed by atoms with Crippen LogP contribution in [0.2, 0.25) is 0 Å². The summed E-state index contributed by atoms with van der Waals surface area (Å²) in [6.45, 7) is 2.05. The van der Waals surface area contributed by atoms with E-state index >= 15 is 0 Å². The van der Waals surface area contributed by atoms with Crippen molar-refractivity contribution in [3.05, 3.63) is 0 Å². The van der Waals surface area contributed by atoms with Gasteiger partial charge in [0.1, 0.15) is 0 Å². The average molecular weight is 146 g/mol. The fourth-order valence-corrected chi connectivity index (χ4v) is 1.33. The fraction of sp³-hybridized carbons (Fsp3) is 1.00. The van der Waals surface area contributed by atoms with Crippen LogP contribution in [0.15, 0.2) is 0 Å². The van der Waals surface area contributed by atoms with Gasteiger partial charge in [0.25, 0.3) is 0 Å². The van der Waals surface area contributed by atoms with Crippen molar-refractivity contribution in [1.82, 2.24) is 0 Å². The van der Waals surface area contributed by atoms with Crippen molar-refractivity contribution in [3.63, 3.8) is 0 Å². The third kappa shape index (κ3) is 1.68. The van der Waals surface area contributed by atoms with Crippen molar-refractivity contribution in [1.29, 1.82) is 0 Å². The van der Waals surface area contributed by atoms with Gasteiger partial charge in [-0.3, -0.25) is 0 Å². The Bertz CT molecular complexity index is 105. The fourth-order valence-electron chi connectivity index (χ4n) is 1.33. The Morgan fingerprint density at radius 1 is 1.50 bits per heavy atom. The molecule has 0 aliphatic carbocycles. The van der Waals surface area contributed by atoms with E-state index < -0.39 is 12.6 Å². The van der Waals surface area contributed by atoms with Crippen LogP contribution >= 0.6 is 0 Å². The Kier molecular flexibility index (Phi) is 2.65. The number of rotatable bonds is 2. The summed E-state index contributed by atoms with van der Waals surface area (Å²) in [5.41, 5.74) is 0. The molecule has 0 aromatic heterocycles. The van der Waals surface area contributed by atoms with Gasteiger partial charge in [0.05, 0.1) is 0 Å². The summed E-state index contributed by atoms with van der Waals surface area (Å²) in [6, 6.07) is 0. The second kappa shape index (κ2) is 3.32. The van der Waals surface area contributed by atoms with E-state index in [4.69, 9.17) is 14.9 Å². The molecule has 1 heterocycles. The van der Waals surface area contributed by atoms with Crippen LogP contribution in [0, 0.1) is 5.92 Å². The van der Waals surface area contributed by atoms with Crippen LogP contribution in [0.5, 0.6) is 0 Å². The zero-order valence-corrected chi connectivity index (χ0v) is 6.16. The highest BCUT2D eigenvalue weighted by molar-refractivity contribution is 4.69. The first-order valence-electron chi connectivity index (χ1n) is 3.75. The van der Waals surface area contributed by atoms with Crippen molar-refractivity contribution in [3.8, 4) is 0 Å². The van der Waals surface area contributed by atoms with E-state index in [1.54, 1.807) is 0 Å². The van der Waals surface area contributed by atoms with Crippen molar-refractivity contribution in [2.24, 2.45) is 5.92 Å². The van der Waals surface area contributed by atoms with Crippen molar-refractivity contribution in [2.75, 3.05) is 0 Å². The molecule has 1 saturated heterocycles. The van der Waals surface area contributed by atoms with Crippen LogP contribution in [0.25, 0.3) is 0 Å². The second-order valence-corrected chi connectivity index (χ2v) is 2.77. The van der Waals surface area contributed by atoms with E-state index in [-0.39, 0.29) is 5.92 Å². The van der Waals surface area contributed by atoms with Crippen LogP contribution < -0.4 is 0 Å². The van der Waals surface area contributed by atoms with Crippen LogP contribution in [0.3, 0.4) is 0 Å². The van der Waals surface area contributed by atoms with E-state index in [1.165, 1.54) is 0 Å². The molecule has 0 amide bonds. The molecule has 3 nitrogen and oxygen atoms in total. The highest BCUT2D eigenvalue weighted by atomic mass is 16.7. The standard InChI is InChI=1S/C7H14O3/c1-2-3-5-4-6(8)10-7(5)9/h5-9H,2-4H2,1H3/t5?,6-,7?/m1/s1. The van der Waals surface area contributed by atoms with Crippen molar-refractivity contribution < 1.29 is 14.9 Å². The van der Waals surface area contributed by atoms with Gasteiger partial charge in [0.2, 0.25) is 0 Å². The molecule has 0 aromatic rings. The summed E-state index contributed by atoms with van der Waals surface area (Å²) in [5.74, 6) is 0.139. The Labute approximate surface area is 60.6 Å². The van der Waals surface area contributed by atoms with Gasteiger partial charge in [-0.25, -0.2) is 0 Å². The molecular formula is C7H14O3. The first kappa shape index (κ1) is 7.98. The molecule has 3 heteroatoms. The molecule has 0 bridgehead atoms. The van der Waals surface area contributed by atoms with Gasteiger partial charge in [0, 0.05) is 12.3 Å². The van der Waals surface area contributed by atoms with Gasteiger partial charge in [0.15, 0.2) is 12.6 Å². The van der Waals surface area contributed by atoms with Gasteiger partial charge in [-0.1, -0.05) is 13.3 Å². The molecule has 60 valence electrons. The van der Waals surface area contributed by atoms with E-state index in [0.717, 1.165) is 12.8 Å². The topological polar surface area (TPSA) is 49.7 Å². The Hall–Kier alpha value is -0.120. The third-order valence-electron chi connectivity index (χ3n) is 1.86. The number of hydrogen-bond donors (Lipinski definition) is 2. The summed E-state index contributed by atoms with van der Waals surface area (Å²) >= 11 is 0. The first-order chi connectivity index (χ1) is 4.74. The molecule has 3 atom stereocenters. The molecule has 2 N–H and O–H groups in total. The SMILES string of the molecule is CCCC1C[C@H](O)OC1O. The smallest absolute Gasteiger partial charge is 0.160 e. The third-order valence-corrected chi connectivity index (χ3v) is 1.86. The lowest BCUT2D eigenvalue weighted by molar-refractivity contribution is -0.168. The highest BCUT2D eigenvalue weighted by Gasteiger charge is 2.31. The summed E-state index contributed by atoms with van der Waals surface area (Å²) < 4.78 is 4.74. The molecule has 0 saturated carbocycles. The molecular weight excluding hydrogens is 132 g/mol. The zero-order chi connectivity index (χ0) is 7.56. The highest BCUT2D eigenvalue weighted by Crippen LogP contribution is 2.26. The summed E-state index contributed by atoms with van der Waals surface area (Å²) in [4.78, 5) is 0. The largest absolute Gasteiger partial charge is 0.368 e. The minimum absolute atomic E-state index is 0.139. The Morgan fingerprint density at radius 3 is 2.60 bits per heavy atom.